The van der Waals surface area contributed by atoms with Crippen molar-refractivity contribution in [2.24, 2.45) is 5.41 Å². The second kappa shape index (κ2) is 5.72. The summed E-state index contributed by atoms with van der Waals surface area (Å²) in [6.45, 7) is 6.65. The van der Waals surface area contributed by atoms with E-state index >= 15 is 0 Å². The predicted octanol–water partition coefficient (Wildman–Crippen LogP) is 2.46. The lowest BCUT2D eigenvalue weighted by Crippen LogP contribution is -2.39. The summed E-state index contributed by atoms with van der Waals surface area (Å²) in [5.74, 6) is 0.911. The molecule has 1 aromatic rings. The van der Waals surface area contributed by atoms with Gasteiger partial charge in [0.25, 0.3) is 5.91 Å². The molecular weight excluding hydrogens is 240 g/mol. The third-order valence-electron chi connectivity index (χ3n) is 3.90. The second-order valence-electron chi connectivity index (χ2n) is 6.27. The van der Waals surface area contributed by atoms with Crippen molar-refractivity contribution in [2.75, 3.05) is 0 Å². The van der Waals surface area contributed by atoms with Crippen LogP contribution < -0.4 is 5.32 Å². The minimum atomic E-state index is -0.150. The van der Waals surface area contributed by atoms with E-state index in [1.165, 1.54) is 0 Å². The van der Waals surface area contributed by atoms with Crippen LogP contribution in [0.2, 0.25) is 0 Å². The molecule has 1 aliphatic carbocycles. The number of rotatable bonds is 4. The number of nitrogens with one attached hydrogen (secondary N) is 2. The Labute approximate surface area is 114 Å². The van der Waals surface area contributed by atoms with Gasteiger partial charge in [-0.2, -0.15) is 0 Å². The van der Waals surface area contributed by atoms with Gasteiger partial charge in [-0.15, -0.1) is 5.10 Å². The van der Waals surface area contributed by atoms with Gasteiger partial charge < -0.3 is 5.32 Å². The highest BCUT2D eigenvalue weighted by molar-refractivity contribution is 5.90. The molecule has 2 rings (SSSR count). The number of H-pyrrole nitrogens is 1. The fraction of sp³-hybridized carbons (Fsp3) is 0.786. The van der Waals surface area contributed by atoms with Gasteiger partial charge >= 0.3 is 0 Å². The zero-order valence-corrected chi connectivity index (χ0v) is 12.1. The first-order chi connectivity index (χ1) is 9.00. The van der Waals surface area contributed by atoms with Gasteiger partial charge in [0.15, 0.2) is 0 Å². The van der Waals surface area contributed by atoms with Crippen LogP contribution in [0.3, 0.4) is 0 Å². The van der Waals surface area contributed by atoms with E-state index in [4.69, 9.17) is 0 Å². The molecule has 1 saturated carbocycles. The number of carbonyl (C=O) groups is 1. The van der Waals surface area contributed by atoms with Crippen LogP contribution in [0, 0.1) is 5.41 Å². The quantitative estimate of drug-likeness (QED) is 0.877. The van der Waals surface area contributed by atoms with Crippen molar-refractivity contribution in [1.82, 2.24) is 20.5 Å². The summed E-state index contributed by atoms with van der Waals surface area (Å²) in [4.78, 5) is 16.3. The van der Waals surface area contributed by atoms with Gasteiger partial charge in [-0.1, -0.05) is 20.8 Å². The Kier molecular flexibility index (Phi) is 4.22. The Bertz CT molecular complexity index is 428. The summed E-state index contributed by atoms with van der Waals surface area (Å²) in [7, 11) is 0. The van der Waals surface area contributed by atoms with E-state index < -0.39 is 0 Å². The van der Waals surface area contributed by atoms with Gasteiger partial charge in [0, 0.05) is 12.5 Å². The molecule has 1 fully saturated rings. The average Bonchev–Trinajstić information content (AvgIpc) is 2.81. The lowest BCUT2D eigenvalue weighted by atomic mass is 9.75. The van der Waals surface area contributed by atoms with E-state index in [1.807, 2.05) is 0 Å². The molecule has 0 spiro atoms. The van der Waals surface area contributed by atoms with E-state index in [-0.39, 0.29) is 17.8 Å². The summed E-state index contributed by atoms with van der Waals surface area (Å²) in [6.07, 6.45) is 6.24. The van der Waals surface area contributed by atoms with E-state index in [2.05, 4.69) is 41.3 Å². The molecule has 19 heavy (non-hydrogen) atoms. The van der Waals surface area contributed by atoms with Crippen molar-refractivity contribution in [3.63, 3.8) is 0 Å². The van der Waals surface area contributed by atoms with Crippen LogP contribution in [0.15, 0.2) is 0 Å². The van der Waals surface area contributed by atoms with Crippen LogP contribution in [0.4, 0.5) is 0 Å². The van der Waals surface area contributed by atoms with E-state index in [9.17, 15) is 4.79 Å². The van der Waals surface area contributed by atoms with Gasteiger partial charge in [0.2, 0.25) is 5.82 Å². The molecule has 0 unspecified atom stereocenters. The maximum absolute atomic E-state index is 12.0. The molecule has 0 bridgehead atoms. The molecule has 106 valence electrons. The molecule has 0 saturated heterocycles. The van der Waals surface area contributed by atoms with E-state index in [0.717, 1.165) is 44.3 Å². The van der Waals surface area contributed by atoms with Crippen LogP contribution >= 0.6 is 0 Å². The highest BCUT2D eigenvalue weighted by Crippen LogP contribution is 2.34. The fourth-order valence-corrected chi connectivity index (χ4v) is 2.54. The van der Waals surface area contributed by atoms with Crippen LogP contribution in [0.1, 0.15) is 69.3 Å². The molecular formula is C14H24N4O. The van der Waals surface area contributed by atoms with E-state index in [1.54, 1.807) is 0 Å². The topological polar surface area (TPSA) is 70.7 Å². The molecule has 0 atom stereocenters. The largest absolute Gasteiger partial charge is 0.347 e. The van der Waals surface area contributed by atoms with Gasteiger partial charge in [-0.05, 0) is 37.5 Å². The zero-order chi connectivity index (χ0) is 13.9. The Morgan fingerprint density at radius 2 is 2.11 bits per heavy atom. The minimum absolute atomic E-state index is 0.150. The lowest BCUT2D eigenvalue weighted by Gasteiger charge is -2.34. The second-order valence-corrected chi connectivity index (χ2v) is 6.27. The normalized spacial score (nSPS) is 19.3. The molecule has 0 aliphatic heterocycles. The monoisotopic (exact) mass is 264 g/mol. The molecule has 2 N–H and O–H groups in total. The fourth-order valence-electron chi connectivity index (χ4n) is 2.54. The molecule has 1 aromatic heterocycles. The molecule has 5 nitrogen and oxygen atoms in total. The molecule has 1 heterocycles. The van der Waals surface area contributed by atoms with Crippen molar-refractivity contribution >= 4 is 5.91 Å². The summed E-state index contributed by atoms with van der Waals surface area (Å²) < 4.78 is 0. The van der Waals surface area contributed by atoms with Crippen molar-refractivity contribution in [1.29, 1.82) is 0 Å². The highest BCUT2D eigenvalue weighted by Gasteiger charge is 2.28. The summed E-state index contributed by atoms with van der Waals surface area (Å²) >= 11 is 0. The minimum Gasteiger partial charge on any atom is -0.347 e. The van der Waals surface area contributed by atoms with Gasteiger partial charge in [0.05, 0.1) is 0 Å². The third-order valence-corrected chi connectivity index (χ3v) is 3.90. The zero-order valence-electron chi connectivity index (χ0n) is 12.1. The Balaban J connectivity index is 1.87. The SMILES string of the molecule is CCCc1nc(C(=O)NC2CCC(C)(C)CC2)n[nH]1. The third kappa shape index (κ3) is 3.78. The number of hydrogen-bond donors (Lipinski definition) is 2. The van der Waals surface area contributed by atoms with Crippen molar-refractivity contribution < 1.29 is 4.79 Å². The smallest absolute Gasteiger partial charge is 0.291 e. The van der Waals surface area contributed by atoms with Gasteiger partial charge in [-0.3, -0.25) is 9.89 Å². The van der Waals surface area contributed by atoms with Crippen molar-refractivity contribution in [3.05, 3.63) is 11.6 Å². The number of aryl methyl sites for hydroxylation is 1. The first-order valence-electron chi connectivity index (χ1n) is 7.22. The number of nitrogens with zero attached hydrogens (tertiary/aromatic N) is 2. The number of aromatic amines is 1. The summed E-state index contributed by atoms with van der Waals surface area (Å²) in [5, 5.41) is 9.84. The van der Waals surface area contributed by atoms with Crippen molar-refractivity contribution in [2.45, 2.75) is 65.3 Å². The standard InChI is InChI=1S/C14H24N4O/c1-4-5-11-16-12(18-17-11)13(19)15-10-6-8-14(2,3)9-7-10/h10H,4-9H2,1-3H3,(H,15,19)(H,16,17,18). The molecule has 1 aliphatic rings. The van der Waals surface area contributed by atoms with Gasteiger partial charge in [0.1, 0.15) is 5.82 Å². The molecule has 0 radical (unpaired) electrons. The Hall–Kier alpha value is -1.39. The predicted molar refractivity (Wildman–Crippen MR) is 73.9 cm³/mol. The van der Waals surface area contributed by atoms with Crippen LogP contribution in [-0.2, 0) is 6.42 Å². The Morgan fingerprint density at radius 1 is 1.42 bits per heavy atom. The maximum atomic E-state index is 12.0. The highest BCUT2D eigenvalue weighted by atomic mass is 16.2. The first-order valence-corrected chi connectivity index (χ1v) is 7.22. The maximum Gasteiger partial charge on any atom is 0.291 e. The number of amides is 1. The van der Waals surface area contributed by atoms with Crippen LogP contribution in [-0.4, -0.2) is 27.1 Å². The number of aromatic nitrogens is 3. The summed E-state index contributed by atoms with van der Waals surface area (Å²) in [6, 6.07) is 0.272. The number of hydrogen-bond acceptors (Lipinski definition) is 3. The van der Waals surface area contributed by atoms with Crippen molar-refractivity contribution in [3.8, 4) is 0 Å². The molecule has 5 heteroatoms. The first kappa shape index (κ1) is 14.0. The molecule has 1 amide bonds. The van der Waals surface area contributed by atoms with Gasteiger partial charge in [-0.25, -0.2) is 4.98 Å². The van der Waals surface area contributed by atoms with Crippen LogP contribution in [0.5, 0.6) is 0 Å². The number of carbonyl (C=O) groups excluding carboxylic acids is 1. The Morgan fingerprint density at radius 3 is 2.74 bits per heavy atom. The lowest BCUT2D eigenvalue weighted by molar-refractivity contribution is 0.0899. The van der Waals surface area contributed by atoms with Crippen LogP contribution in [0.25, 0.3) is 0 Å². The van der Waals surface area contributed by atoms with E-state index in [0.29, 0.717) is 5.41 Å². The molecule has 0 aromatic carbocycles. The average molecular weight is 264 g/mol. The summed E-state index contributed by atoms with van der Waals surface area (Å²) in [5.41, 5.74) is 0.417.